The van der Waals surface area contributed by atoms with Gasteiger partial charge < -0.3 is 10.8 Å². The Hall–Kier alpha value is -0.130. The first-order valence-electron chi connectivity index (χ1n) is 2.98. The van der Waals surface area contributed by atoms with Gasteiger partial charge in [-0.25, -0.2) is 8.42 Å². The Morgan fingerprint density at radius 3 is 2.20 bits per heavy atom. The van der Waals surface area contributed by atoms with Gasteiger partial charge in [0.2, 0.25) is 0 Å². The van der Waals surface area contributed by atoms with Crippen LogP contribution in [-0.2, 0) is 9.84 Å². The van der Waals surface area contributed by atoms with Crippen LogP contribution in [0.3, 0.4) is 0 Å². The van der Waals surface area contributed by atoms with E-state index >= 15 is 0 Å². The van der Waals surface area contributed by atoms with Gasteiger partial charge in [0.1, 0.15) is 9.84 Å². The number of aliphatic hydroxyl groups is 1. The van der Waals surface area contributed by atoms with E-state index in [1.807, 2.05) is 0 Å². The Balaban J connectivity index is 3.87. The van der Waals surface area contributed by atoms with Gasteiger partial charge in [-0.15, -0.1) is 0 Å². The van der Waals surface area contributed by atoms with Crippen LogP contribution in [0.25, 0.3) is 0 Å². The van der Waals surface area contributed by atoms with Crippen LogP contribution in [0.5, 0.6) is 0 Å². The van der Waals surface area contributed by atoms with Crippen LogP contribution in [0, 0.1) is 5.92 Å². The summed E-state index contributed by atoms with van der Waals surface area (Å²) in [6.07, 6.45) is 1.13. The van der Waals surface area contributed by atoms with E-state index in [0.29, 0.717) is 0 Å². The van der Waals surface area contributed by atoms with E-state index < -0.39 is 9.84 Å². The van der Waals surface area contributed by atoms with Crippen molar-refractivity contribution in [1.82, 2.24) is 0 Å². The van der Waals surface area contributed by atoms with Crippen molar-refractivity contribution in [3.8, 4) is 0 Å². The van der Waals surface area contributed by atoms with Crippen molar-refractivity contribution in [2.24, 2.45) is 11.7 Å². The smallest absolute Gasteiger partial charge is 0.147 e. The van der Waals surface area contributed by atoms with Gasteiger partial charge in [-0.2, -0.15) is 0 Å². The van der Waals surface area contributed by atoms with Gasteiger partial charge in [0, 0.05) is 18.8 Å². The highest BCUT2D eigenvalue weighted by atomic mass is 32.2. The van der Waals surface area contributed by atoms with Crippen LogP contribution in [0.4, 0.5) is 0 Å². The number of hydrogen-bond acceptors (Lipinski definition) is 4. The summed E-state index contributed by atoms with van der Waals surface area (Å²) >= 11 is 0. The summed E-state index contributed by atoms with van der Waals surface area (Å²) in [5, 5.41) is 8.54. The van der Waals surface area contributed by atoms with E-state index in [2.05, 4.69) is 0 Å². The molecule has 0 aromatic carbocycles. The molecular weight excluding hydrogens is 154 g/mol. The Morgan fingerprint density at radius 2 is 2.10 bits per heavy atom. The number of aliphatic hydroxyl groups excluding tert-OH is 1. The molecule has 5 heteroatoms. The molecule has 0 spiro atoms. The highest BCUT2D eigenvalue weighted by Gasteiger charge is 2.11. The third-order valence-corrected chi connectivity index (χ3v) is 2.21. The largest absolute Gasteiger partial charge is 0.396 e. The minimum atomic E-state index is -2.99. The molecule has 0 aromatic heterocycles. The molecule has 10 heavy (non-hydrogen) atoms. The molecule has 3 N–H and O–H groups in total. The van der Waals surface area contributed by atoms with Gasteiger partial charge in [0.25, 0.3) is 0 Å². The molecule has 62 valence electrons. The molecule has 1 unspecified atom stereocenters. The fourth-order valence-electron chi connectivity index (χ4n) is 0.623. The fraction of sp³-hybridized carbons (Fsp3) is 1.00. The van der Waals surface area contributed by atoms with Crippen LogP contribution in [0.2, 0.25) is 0 Å². The normalized spacial score (nSPS) is 15.1. The predicted octanol–water partition coefficient (Wildman–Crippen LogP) is -1.40. The fourth-order valence-corrected chi connectivity index (χ4v) is 1.72. The molecule has 1 atom stereocenters. The summed E-state index contributed by atoms with van der Waals surface area (Å²) in [7, 11) is -2.99. The van der Waals surface area contributed by atoms with Gasteiger partial charge in [-0.3, -0.25) is 0 Å². The van der Waals surface area contributed by atoms with Gasteiger partial charge in [-0.1, -0.05) is 0 Å². The zero-order valence-electron chi connectivity index (χ0n) is 5.95. The van der Waals surface area contributed by atoms with Crippen molar-refractivity contribution in [1.29, 1.82) is 0 Å². The van der Waals surface area contributed by atoms with E-state index in [9.17, 15) is 8.42 Å². The lowest BCUT2D eigenvalue weighted by atomic mass is 10.2. The topological polar surface area (TPSA) is 80.4 Å². The van der Waals surface area contributed by atoms with Crippen molar-refractivity contribution in [2.45, 2.75) is 0 Å². The minimum absolute atomic E-state index is 0.0278. The van der Waals surface area contributed by atoms with Crippen molar-refractivity contribution in [2.75, 3.05) is 25.2 Å². The quantitative estimate of drug-likeness (QED) is 0.539. The highest BCUT2D eigenvalue weighted by molar-refractivity contribution is 7.90. The summed E-state index contributed by atoms with van der Waals surface area (Å²) in [6, 6.07) is 0. The summed E-state index contributed by atoms with van der Waals surface area (Å²) in [5.41, 5.74) is 5.17. The summed E-state index contributed by atoms with van der Waals surface area (Å²) in [6.45, 7) is 0.0488. The highest BCUT2D eigenvalue weighted by Crippen LogP contribution is 1.96. The second-order valence-electron chi connectivity index (χ2n) is 2.38. The van der Waals surface area contributed by atoms with Crippen molar-refractivity contribution in [3.63, 3.8) is 0 Å². The third-order valence-electron chi connectivity index (χ3n) is 1.13. The van der Waals surface area contributed by atoms with Crippen LogP contribution in [0.15, 0.2) is 0 Å². The van der Waals surface area contributed by atoms with Crippen LogP contribution < -0.4 is 5.73 Å². The Bertz CT molecular complexity index is 171. The minimum Gasteiger partial charge on any atom is -0.396 e. The Morgan fingerprint density at radius 1 is 1.60 bits per heavy atom. The molecule has 4 nitrogen and oxygen atoms in total. The lowest BCUT2D eigenvalue weighted by Crippen LogP contribution is -2.25. The molecule has 0 aliphatic carbocycles. The van der Waals surface area contributed by atoms with Gasteiger partial charge in [0.15, 0.2) is 0 Å². The molecule has 0 saturated heterocycles. The van der Waals surface area contributed by atoms with E-state index in [1.165, 1.54) is 0 Å². The standard InChI is InChI=1S/C5H13NO3S/c1-10(8,9)4-5(2-6)3-7/h5,7H,2-4,6H2,1H3. The van der Waals surface area contributed by atoms with Gasteiger partial charge in [-0.05, 0) is 6.54 Å². The van der Waals surface area contributed by atoms with E-state index in [0.717, 1.165) is 6.26 Å². The van der Waals surface area contributed by atoms with Crippen LogP contribution in [0.1, 0.15) is 0 Å². The molecule has 0 aromatic rings. The van der Waals surface area contributed by atoms with Crippen molar-refractivity contribution in [3.05, 3.63) is 0 Å². The van der Waals surface area contributed by atoms with Gasteiger partial charge >= 0.3 is 0 Å². The molecule has 0 amide bonds. The monoisotopic (exact) mass is 167 g/mol. The van der Waals surface area contributed by atoms with Gasteiger partial charge in [0.05, 0.1) is 5.75 Å². The molecule has 0 heterocycles. The zero-order chi connectivity index (χ0) is 8.20. The predicted molar refractivity (Wildman–Crippen MR) is 39.3 cm³/mol. The zero-order valence-corrected chi connectivity index (χ0v) is 6.76. The van der Waals surface area contributed by atoms with E-state index in [4.69, 9.17) is 10.8 Å². The Kier molecular flexibility index (Phi) is 3.85. The molecular formula is C5H13NO3S. The molecule has 0 aliphatic rings. The maximum absolute atomic E-state index is 10.6. The molecule has 0 radical (unpaired) electrons. The molecule has 0 bridgehead atoms. The van der Waals surface area contributed by atoms with E-state index in [1.54, 1.807) is 0 Å². The molecule has 0 fully saturated rings. The second-order valence-corrected chi connectivity index (χ2v) is 4.56. The summed E-state index contributed by atoms with van der Waals surface area (Å²) in [4.78, 5) is 0. The number of hydrogen-bond donors (Lipinski definition) is 2. The maximum Gasteiger partial charge on any atom is 0.147 e. The average Bonchev–Trinajstić information content (AvgIpc) is 1.81. The Labute approximate surface area is 61.0 Å². The molecule has 0 saturated carbocycles. The van der Waals surface area contributed by atoms with Crippen molar-refractivity contribution < 1.29 is 13.5 Å². The third kappa shape index (κ3) is 4.72. The number of sulfone groups is 1. The first-order valence-corrected chi connectivity index (χ1v) is 5.04. The SMILES string of the molecule is CS(=O)(=O)CC(CN)CO. The summed E-state index contributed by atoms with van der Waals surface area (Å²) < 4.78 is 21.2. The number of rotatable bonds is 4. The first kappa shape index (κ1) is 9.87. The summed E-state index contributed by atoms with van der Waals surface area (Å²) in [5.74, 6) is -0.338. The maximum atomic E-state index is 10.6. The second kappa shape index (κ2) is 3.90. The average molecular weight is 167 g/mol. The van der Waals surface area contributed by atoms with Crippen LogP contribution >= 0.6 is 0 Å². The lowest BCUT2D eigenvalue weighted by Gasteiger charge is -2.08. The first-order chi connectivity index (χ1) is 4.49. The lowest BCUT2D eigenvalue weighted by molar-refractivity contribution is 0.242. The van der Waals surface area contributed by atoms with E-state index in [-0.39, 0.29) is 24.8 Å². The molecule has 0 rings (SSSR count). The van der Waals surface area contributed by atoms with Crippen molar-refractivity contribution >= 4 is 9.84 Å². The van der Waals surface area contributed by atoms with Crippen LogP contribution in [-0.4, -0.2) is 38.7 Å². The molecule has 0 aliphatic heterocycles. The number of nitrogens with two attached hydrogens (primary N) is 1.